The fourth-order valence-electron chi connectivity index (χ4n) is 1.98. The van der Waals surface area contributed by atoms with Gasteiger partial charge in [0.15, 0.2) is 0 Å². The molecule has 17 heavy (non-hydrogen) atoms. The third-order valence-corrected chi connectivity index (χ3v) is 5.47. The quantitative estimate of drug-likeness (QED) is 0.772. The van der Waals surface area contributed by atoms with Crippen LogP contribution in [-0.2, 0) is 19.6 Å². The van der Waals surface area contributed by atoms with Crippen molar-refractivity contribution in [1.29, 1.82) is 0 Å². The Morgan fingerprint density at radius 3 is 2.47 bits per heavy atom. The van der Waals surface area contributed by atoms with Gasteiger partial charge in [-0.3, -0.25) is 4.79 Å². The van der Waals surface area contributed by atoms with Gasteiger partial charge < -0.3 is 9.84 Å². The molecular formula is C10H19NO5S. The van der Waals surface area contributed by atoms with Gasteiger partial charge in [-0.1, -0.05) is 0 Å². The summed E-state index contributed by atoms with van der Waals surface area (Å²) < 4.78 is 30.9. The van der Waals surface area contributed by atoms with Crippen molar-refractivity contribution >= 4 is 16.0 Å². The molecule has 0 saturated carbocycles. The highest BCUT2D eigenvalue weighted by molar-refractivity contribution is 7.89. The maximum Gasteiger partial charge on any atom is 0.318 e. The molecule has 7 heteroatoms. The van der Waals surface area contributed by atoms with E-state index in [1.165, 1.54) is 0 Å². The van der Waals surface area contributed by atoms with Crippen LogP contribution in [0.25, 0.3) is 0 Å². The number of rotatable bonds is 5. The van der Waals surface area contributed by atoms with Crippen LogP contribution in [0, 0.1) is 0 Å². The van der Waals surface area contributed by atoms with Crippen molar-refractivity contribution in [2.24, 2.45) is 0 Å². The summed E-state index contributed by atoms with van der Waals surface area (Å²) in [5.74, 6) is -1.14. The van der Waals surface area contributed by atoms with Gasteiger partial charge in [-0.05, 0) is 27.2 Å². The van der Waals surface area contributed by atoms with Crippen molar-refractivity contribution in [2.45, 2.75) is 44.6 Å². The van der Waals surface area contributed by atoms with Gasteiger partial charge in [-0.15, -0.1) is 0 Å². The summed E-state index contributed by atoms with van der Waals surface area (Å²) in [6, 6.07) is -0.371. The Morgan fingerprint density at radius 1 is 1.53 bits per heavy atom. The molecule has 1 aliphatic heterocycles. The van der Waals surface area contributed by atoms with Gasteiger partial charge in [0.2, 0.25) is 10.0 Å². The first-order valence-electron chi connectivity index (χ1n) is 5.61. The molecule has 1 heterocycles. The molecular weight excluding hydrogens is 246 g/mol. The lowest BCUT2D eigenvalue weighted by molar-refractivity contribution is -0.137. The normalized spacial score (nSPS) is 25.7. The van der Waals surface area contributed by atoms with Gasteiger partial charge in [-0.25, -0.2) is 8.42 Å². The van der Waals surface area contributed by atoms with Gasteiger partial charge in [0.1, 0.15) is 11.8 Å². The summed E-state index contributed by atoms with van der Waals surface area (Å²) in [5, 5.41) is 8.13. The zero-order chi connectivity index (χ0) is 13.2. The van der Waals surface area contributed by atoms with Gasteiger partial charge in [0.25, 0.3) is 0 Å². The molecule has 1 saturated heterocycles. The number of aliphatic carboxylic acids is 1. The summed E-state index contributed by atoms with van der Waals surface area (Å²) in [5.41, 5.74) is 0. The first-order chi connectivity index (χ1) is 7.76. The molecule has 1 fully saturated rings. The summed E-state index contributed by atoms with van der Waals surface area (Å²) in [7, 11) is -3.62. The van der Waals surface area contributed by atoms with Crippen LogP contribution in [0.4, 0.5) is 0 Å². The minimum absolute atomic E-state index is 0.371. The molecule has 2 unspecified atom stereocenters. The van der Waals surface area contributed by atoms with Crippen LogP contribution in [0.3, 0.4) is 0 Å². The van der Waals surface area contributed by atoms with E-state index in [1.807, 2.05) is 0 Å². The maximum absolute atomic E-state index is 12.3. The molecule has 0 aromatic heterocycles. The average Bonchev–Trinajstić information content (AvgIpc) is 2.60. The van der Waals surface area contributed by atoms with E-state index < -0.39 is 27.8 Å². The zero-order valence-corrected chi connectivity index (χ0v) is 11.1. The van der Waals surface area contributed by atoms with Crippen molar-refractivity contribution in [3.63, 3.8) is 0 Å². The molecule has 0 aliphatic carbocycles. The predicted molar refractivity (Wildman–Crippen MR) is 62.2 cm³/mol. The Morgan fingerprint density at radius 2 is 2.12 bits per heavy atom. The topological polar surface area (TPSA) is 83.9 Å². The van der Waals surface area contributed by atoms with E-state index in [-0.39, 0.29) is 12.1 Å². The lowest BCUT2D eigenvalue weighted by atomic mass is 10.3. The molecule has 0 spiro atoms. The number of carboxylic acid groups (broad SMARTS) is 1. The Kier molecular flexibility index (Phi) is 4.51. The van der Waals surface area contributed by atoms with E-state index >= 15 is 0 Å². The van der Waals surface area contributed by atoms with E-state index in [9.17, 15) is 13.2 Å². The van der Waals surface area contributed by atoms with Crippen molar-refractivity contribution in [2.75, 3.05) is 13.2 Å². The Bertz CT molecular complexity index is 378. The number of nitrogens with zero attached hydrogens (tertiary/aromatic N) is 1. The fraction of sp³-hybridized carbons (Fsp3) is 0.900. The summed E-state index contributed by atoms with van der Waals surface area (Å²) in [6.45, 7) is 4.95. The number of carbonyl (C=O) groups is 1. The molecule has 0 aromatic carbocycles. The van der Waals surface area contributed by atoms with E-state index in [0.29, 0.717) is 13.0 Å². The van der Waals surface area contributed by atoms with E-state index in [4.69, 9.17) is 9.84 Å². The van der Waals surface area contributed by atoms with Crippen LogP contribution in [0.15, 0.2) is 0 Å². The van der Waals surface area contributed by atoms with E-state index in [0.717, 1.165) is 4.31 Å². The maximum atomic E-state index is 12.3. The molecule has 2 atom stereocenters. The first-order valence-corrected chi connectivity index (χ1v) is 7.11. The van der Waals surface area contributed by atoms with Crippen molar-refractivity contribution in [3.05, 3.63) is 0 Å². The predicted octanol–water partition coefficient (Wildman–Crippen LogP) is 0.289. The minimum Gasteiger partial charge on any atom is -0.480 e. The summed E-state index contributed by atoms with van der Waals surface area (Å²) >= 11 is 0. The second-order valence-electron chi connectivity index (χ2n) is 4.48. The first kappa shape index (κ1) is 14.4. The Labute approximate surface area is 102 Å². The second kappa shape index (κ2) is 5.32. The van der Waals surface area contributed by atoms with Crippen LogP contribution in [0.1, 0.15) is 27.2 Å². The van der Waals surface area contributed by atoms with Crippen LogP contribution in [0.5, 0.6) is 0 Å². The molecule has 1 aliphatic rings. The largest absolute Gasteiger partial charge is 0.480 e. The zero-order valence-electron chi connectivity index (χ0n) is 10.3. The smallest absolute Gasteiger partial charge is 0.318 e. The SMILES string of the molecule is CC1OCCC1S(=O)(=O)N(CC(=O)O)C(C)C. The third-order valence-electron chi connectivity index (χ3n) is 2.88. The van der Waals surface area contributed by atoms with Gasteiger partial charge in [0.05, 0.1) is 6.10 Å². The van der Waals surface area contributed by atoms with Gasteiger partial charge in [-0.2, -0.15) is 4.31 Å². The van der Waals surface area contributed by atoms with Crippen LogP contribution >= 0.6 is 0 Å². The van der Waals surface area contributed by atoms with Gasteiger partial charge >= 0.3 is 5.97 Å². The fourth-order valence-corrected chi connectivity index (χ4v) is 4.16. The molecule has 1 N–H and O–H groups in total. The van der Waals surface area contributed by atoms with E-state index in [2.05, 4.69) is 0 Å². The molecule has 6 nitrogen and oxygen atoms in total. The van der Waals surface area contributed by atoms with Crippen molar-refractivity contribution in [1.82, 2.24) is 4.31 Å². The molecule has 0 bridgehead atoms. The number of ether oxygens (including phenoxy) is 1. The highest BCUT2D eigenvalue weighted by Crippen LogP contribution is 2.25. The monoisotopic (exact) mass is 265 g/mol. The van der Waals surface area contributed by atoms with Crippen molar-refractivity contribution < 1.29 is 23.1 Å². The molecule has 0 amide bonds. The molecule has 1 rings (SSSR count). The van der Waals surface area contributed by atoms with Crippen LogP contribution < -0.4 is 0 Å². The average molecular weight is 265 g/mol. The second-order valence-corrected chi connectivity index (χ2v) is 6.59. The third kappa shape index (κ3) is 3.17. The lowest BCUT2D eigenvalue weighted by Gasteiger charge is -2.28. The lowest BCUT2D eigenvalue weighted by Crippen LogP contribution is -2.47. The highest BCUT2D eigenvalue weighted by Gasteiger charge is 2.41. The Balaban J connectivity index is 2.95. The van der Waals surface area contributed by atoms with Crippen LogP contribution in [0.2, 0.25) is 0 Å². The van der Waals surface area contributed by atoms with Crippen molar-refractivity contribution in [3.8, 4) is 0 Å². The van der Waals surface area contributed by atoms with Crippen LogP contribution in [-0.4, -0.2) is 54.3 Å². The van der Waals surface area contributed by atoms with E-state index in [1.54, 1.807) is 20.8 Å². The minimum atomic E-state index is -3.62. The molecule has 100 valence electrons. The number of hydrogen-bond donors (Lipinski definition) is 1. The number of sulfonamides is 1. The molecule has 0 radical (unpaired) electrons. The highest BCUT2D eigenvalue weighted by atomic mass is 32.2. The molecule has 0 aromatic rings. The standard InChI is InChI=1S/C10H19NO5S/c1-7(2)11(6-10(12)13)17(14,15)9-4-5-16-8(9)3/h7-9H,4-6H2,1-3H3,(H,12,13). The summed E-state index contributed by atoms with van der Waals surface area (Å²) in [4.78, 5) is 10.7. The van der Waals surface area contributed by atoms with Gasteiger partial charge in [0, 0.05) is 12.6 Å². The Hall–Kier alpha value is -0.660. The summed E-state index contributed by atoms with van der Waals surface area (Å²) in [6.07, 6.45) is 0.0434. The number of carboxylic acids is 1. The number of hydrogen-bond acceptors (Lipinski definition) is 4.